The lowest BCUT2D eigenvalue weighted by Gasteiger charge is -2.33. The molecule has 0 radical (unpaired) electrons. The minimum absolute atomic E-state index is 0. The molecule has 1 aromatic rings. The lowest BCUT2D eigenvalue weighted by molar-refractivity contribution is -0.123. The van der Waals surface area contributed by atoms with Crippen molar-refractivity contribution in [2.45, 2.75) is 38.3 Å². The number of piperidine rings is 1. The fourth-order valence-electron chi connectivity index (χ4n) is 3.95. The number of nitrogens with zero attached hydrogens (tertiary/aromatic N) is 1. The maximum absolute atomic E-state index is 12.2. The highest BCUT2D eigenvalue weighted by Gasteiger charge is 2.24. The van der Waals surface area contributed by atoms with E-state index in [4.69, 9.17) is 0 Å². The molecule has 150 valence electrons. The fourth-order valence-corrected chi connectivity index (χ4v) is 3.95. The Labute approximate surface area is 167 Å². The van der Waals surface area contributed by atoms with E-state index in [1.165, 1.54) is 0 Å². The third-order valence-electron chi connectivity index (χ3n) is 5.37. The van der Waals surface area contributed by atoms with Crippen LogP contribution in [0.4, 0.5) is 0 Å². The van der Waals surface area contributed by atoms with E-state index in [0.717, 1.165) is 64.0 Å². The van der Waals surface area contributed by atoms with Gasteiger partial charge >= 0.3 is 0 Å². The highest BCUT2D eigenvalue weighted by Crippen LogP contribution is 2.19. The van der Waals surface area contributed by atoms with Crippen molar-refractivity contribution in [3.63, 3.8) is 0 Å². The molecule has 2 amide bonds. The molecule has 0 aliphatic carbocycles. The van der Waals surface area contributed by atoms with Gasteiger partial charge in [0.1, 0.15) is 0 Å². The highest BCUT2D eigenvalue weighted by molar-refractivity contribution is 5.94. The number of benzene rings is 1. The molecular weight excluding hydrogens is 364 g/mol. The number of carbonyl (C=O) groups is 2. The largest absolute Gasteiger partial charge is 0.355 e. The van der Waals surface area contributed by atoms with Crippen LogP contribution in [0.15, 0.2) is 24.3 Å². The van der Waals surface area contributed by atoms with Crippen molar-refractivity contribution in [2.24, 2.45) is 5.92 Å². The van der Waals surface area contributed by atoms with Crippen LogP contribution in [-0.4, -0.2) is 56.0 Å². The molecule has 27 heavy (non-hydrogen) atoms. The summed E-state index contributed by atoms with van der Waals surface area (Å²) in [7, 11) is 1.65. The van der Waals surface area contributed by atoms with Crippen LogP contribution in [0.2, 0.25) is 0 Å². The average Bonchev–Trinajstić information content (AvgIpc) is 3.21. The summed E-state index contributed by atoms with van der Waals surface area (Å²) in [5, 5.41) is 9.05. The van der Waals surface area contributed by atoms with Gasteiger partial charge in [-0.3, -0.25) is 14.5 Å². The predicted octanol–water partition coefficient (Wildman–Crippen LogP) is 1.55. The van der Waals surface area contributed by atoms with E-state index in [9.17, 15) is 9.59 Å². The Balaban J connectivity index is 0.00000261. The van der Waals surface area contributed by atoms with Crippen molar-refractivity contribution in [3.05, 3.63) is 35.4 Å². The summed E-state index contributed by atoms with van der Waals surface area (Å²) >= 11 is 0. The molecule has 2 aliphatic heterocycles. The molecule has 7 heteroatoms. The van der Waals surface area contributed by atoms with Crippen molar-refractivity contribution >= 4 is 24.2 Å². The normalized spacial score (nSPS) is 22.7. The zero-order chi connectivity index (χ0) is 18.4. The number of amides is 2. The van der Waals surface area contributed by atoms with Gasteiger partial charge in [-0.1, -0.05) is 12.1 Å². The first-order valence-corrected chi connectivity index (χ1v) is 9.70. The topological polar surface area (TPSA) is 73.5 Å². The Morgan fingerprint density at radius 2 is 2.11 bits per heavy atom. The summed E-state index contributed by atoms with van der Waals surface area (Å²) in [6.45, 7) is 4.61. The molecule has 3 rings (SSSR count). The minimum Gasteiger partial charge on any atom is -0.355 e. The van der Waals surface area contributed by atoms with Crippen molar-refractivity contribution < 1.29 is 9.59 Å². The predicted molar refractivity (Wildman–Crippen MR) is 109 cm³/mol. The van der Waals surface area contributed by atoms with Gasteiger partial charge in [0.15, 0.2) is 0 Å². The molecule has 2 saturated heterocycles. The van der Waals surface area contributed by atoms with E-state index >= 15 is 0 Å². The molecule has 0 spiro atoms. The van der Waals surface area contributed by atoms with E-state index in [2.05, 4.69) is 26.9 Å². The third kappa shape index (κ3) is 6.19. The molecule has 0 aromatic heterocycles. The monoisotopic (exact) mass is 394 g/mol. The molecule has 2 heterocycles. The zero-order valence-electron chi connectivity index (χ0n) is 16.0. The zero-order valence-corrected chi connectivity index (χ0v) is 16.8. The highest BCUT2D eigenvalue weighted by atomic mass is 35.5. The summed E-state index contributed by atoms with van der Waals surface area (Å²) in [5.74, 6) is 0.598. The van der Waals surface area contributed by atoms with Gasteiger partial charge in [0, 0.05) is 32.2 Å². The quantitative estimate of drug-likeness (QED) is 0.684. The van der Waals surface area contributed by atoms with Crippen molar-refractivity contribution in [2.75, 3.05) is 33.2 Å². The Morgan fingerprint density at radius 1 is 1.26 bits per heavy atom. The second kappa shape index (κ2) is 10.6. The Kier molecular flexibility index (Phi) is 8.54. The van der Waals surface area contributed by atoms with Crippen LogP contribution in [0.1, 0.15) is 41.6 Å². The molecule has 6 nitrogen and oxygen atoms in total. The summed E-state index contributed by atoms with van der Waals surface area (Å²) in [5.41, 5.74) is 1.86. The number of halogens is 1. The molecule has 2 atom stereocenters. The Morgan fingerprint density at radius 3 is 2.85 bits per heavy atom. The molecule has 2 unspecified atom stereocenters. The van der Waals surface area contributed by atoms with Crippen LogP contribution in [0.3, 0.4) is 0 Å². The number of hydrogen-bond donors (Lipinski definition) is 3. The standard InChI is InChI=1S/C20H30N4O2.ClH/c1-21-19(25)17-7-2-5-15(11-17)13-24-10-4-6-16(14-24)12-23-20(26)18-8-3-9-22-18;/h2,5,7,11,16,18,22H,3-4,6,8-10,12-14H2,1H3,(H,21,25)(H,23,26);1H. The van der Waals surface area contributed by atoms with E-state index in [0.29, 0.717) is 11.5 Å². The van der Waals surface area contributed by atoms with Crippen molar-refractivity contribution in [3.8, 4) is 0 Å². The summed E-state index contributed by atoms with van der Waals surface area (Å²) in [4.78, 5) is 26.4. The molecule has 1 aromatic carbocycles. The first-order valence-electron chi connectivity index (χ1n) is 9.70. The van der Waals surface area contributed by atoms with Crippen LogP contribution in [0, 0.1) is 5.92 Å². The molecule has 2 fully saturated rings. The van der Waals surface area contributed by atoms with Crippen LogP contribution < -0.4 is 16.0 Å². The van der Waals surface area contributed by atoms with Crippen molar-refractivity contribution in [1.29, 1.82) is 0 Å². The number of rotatable bonds is 6. The van der Waals surface area contributed by atoms with Gasteiger partial charge in [0.05, 0.1) is 6.04 Å². The van der Waals surface area contributed by atoms with Crippen LogP contribution in [0.5, 0.6) is 0 Å². The van der Waals surface area contributed by atoms with Gasteiger partial charge < -0.3 is 16.0 Å². The van der Waals surface area contributed by atoms with E-state index < -0.39 is 0 Å². The van der Waals surface area contributed by atoms with Crippen LogP contribution >= 0.6 is 12.4 Å². The Bertz CT molecular complexity index is 634. The lowest BCUT2D eigenvalue weighted by Crippen LogP contribution is -2.45. The van der Waals surface area contributed by atoms with E-state index in [-0.39, 0.29) is 30.3 Å². The first kappa shape index (κ1) is 21.7. The first-order chi connectivity index (χ1) is 12.7. The minimum atomic E-state index is -0.0494. The van der Waals surface area contributed by atoms with Gasteiger partial charge in [-0.25, -0.2) is 0 Å². The summed E-state index contributed by atoms with van der Waals surface area (Å²) < 4.78 is 0. The SMILES string of the molecule is CNC(=O)c1cccc(CN2CCCC(CNC(=O)C3CCCN3)C2)c1.Cl. The average molecular weight is 395 g/mol. The second-order valence-electron chi connectivity index (χ2n) is 7.42. The fraction of sp³-hybridized carbons (Fsp3) is 0.600. The van der Waals surface area contributed by atoms with Gasteiger partial charge in [-0.2, -0.15) is 0 Å². The smallest absolute Gasteiger partial charge is 0.251 e. The van der Waals surface area contributed by atoms with Gasteiger partial charge in [0.2, 0.25) is 5.91 Å². The maximum Gasteiger partial charge on any atom is 0.251 e. The lowest BCUT2D eigenvalue weighted by atomic mass is 9.97. The van der Waals surface area contributed by atoms with Gasteiger partial charge in [-0.05, 0) is 62.4 Å². The number of likely N-dealkylation sites (tertiary alicyclic amines) is 1. The van der Waals surface area contributed by atoms with Crippen molar-refractivity contribution in [1.82, 2.24) is 20.9 Å². The summed E-state index contributed by atoms with van der Waals surface area (Å²) in [6.07, 6.45) is 4.35. The molecular formula is C20H31ClN4O2. The van der Waals surface area contributed by atoms with Crippen LogP contribution in [-0.2, 0) is 11.3 Å². The molecule has 3 N–H and O–H groups in total. The van der Waals surface area contributed by atoms with Gasteiger partial charge in [-0.15, -0.1) is 12.4 Å². The number of carbonyl (C=O) groups excluding carboxylic acids is 2. The van der Waals surface area contributed by atoms with Crippen LogP contribution in [0.25, 0.3) is 0 Å². The number of nitrogens with one attached hydrogen (secondary N) is 3. The second-order valence-corrected chi connectivity index (χ2v) is 7.42. The maximum atomic E-state index is 12.2. The number of hydrogen-bond acceptors (Lipinski definition) is 4. The molecule has 0 saturated carbocycles. The van der Waals surface area contributed by atoms with Gasteiger partial charge in [0.25, 0.3) is 5.91 Å². The third-order valence-corrected chi connectivity index (χ3v) is 5.37. The van der Waals surface area contributed by atoms with E-state index in [1.807, 2.05) is 18.2 Å². The van der Waals surface area contributed by atoms with E-state index in [1.54, 1.807) is 7.05 Å². The Hall–Kier alpha value is -1.63. The molecule has 0 bridgehead atoms. The summed E-state index contributed by atoms with van der Waals surface area (Å²) in [6, 6.07) is 7.83. The molecule has 2 aliphatic rings.